The molecule has 2 aromatic rings. The smallest absolute Gasteiger partial charge is 0.137 e. The summed E-state index contributed by atoms with van der Waals surface area (Å²) in [4.78, 5) is 6.97. The zero-order chi connectivity index (χ0) is 15.7. The van der Waals surface area contributed by atoms with E-state index in [0.29, 0.717) is 0 Å². The van der Waals surface area contributed by atoms with Crippen molar-refractivity contribution in [3.8, 4) is 5.82 Å². The summed E-state index contributed by atoms with van der Waals surface area (Å²) < 4.78 is 2.17. The first-order valence-electron chi connectivity index (χ1n) is 7.81. The summed E-state index contributed by atoms with van der Waals surface area (Å²) in [5.41, 5.74) is 4.77. The van der Waals surface area contributed by atoms with Gasteiger partial charge in [0.1, 0.15) is 5.82 Å². The van der Waals surface area contributed by atoms with Gasteiger partial charge in [0.15, 0.2) is 0 Å². The van der Waals surface area contributed by atoms with Gasteiger partial charge < -0.3 is 19.9 Å². The van der Waals surface area contributed by atoms with Gasteiger partial charge in [-0.25, -0.2) is 4.98 Å². The first-order valence-corrected chi connectivity index (χ1v) is 7.81. The molecule has 0 saturated carbocycles. The maximum atomic E-state index is 9.35. The zero-order valence-corrected chi connectivity index (χ0v) is 13.5. The molecule has 1 fully saturated rings. The number of anilines is 1. The second-order valence-corrected chi connectivity index (χ2v) is 6.06. The van der Waals surface area contributed by atoms with Crippen molar-refractivity contribution in [2.75, 3.05) is 31.1 Å². The number of hydrogen-bond donors (Lipinski definition) is 2. The average Bonchev–Trinajstić information content (AvgIpc) is 2.86. The molecular formula is C17H24N4O. The fourth-order valence-electron chi connectivity index (χ4n) is 3.18. The number of pyridine rings is 1. The van der Waals surface area contributed by atoms with E-state index in [4.69, 9.17) is 0 Å². The predicted molar refractivity (Wildman–Crippen MR) is 88.9 cm³/mol. The number of aliphatic hydroxyl groups excluding tert-OH is 1. The summed E-state index contributed by atoms with van der Waals surface area (Å²) in [7, 11) is 0. The third kappa shape index (κ3) is 2.74. The summed E-state index contributed by atoms with van der Waals surface area (Å²) in [6, 6.07) is 6.51. The first kappa shape index (κ1) is 15.1. The van der Waals surface area contributed by atoms with Crippen molar-refractivity contribution in [3.05, 3.63) is 41.3 Å². The molecule has 118 valence electrons. The van der Waals surface area contributed by atoms with Crippen LogP contribution in [0.3, 0.4) is 0 Å². The molecular weight excluding hydrogens is 276 g/mol. The van der Waals surface area contributed by atoms with E-state index in [1.807, 2.05) is 6.20 Å². The van der Waals surface area contributed by atoms with Gasteiger partial charge in [0.25, 0.3) is 0 Å². The van der Waals surface area contributed by atoms with Gasteiger partial charge in [-0.1, -0.05) is 0 Å². The Morgan fingerprint density at radius 3 is 2.64 bits per heavy atom. The number of rotatable bonds is 3. The molecule has 0 bridgehead atoms. The SMILES string of the molecule is Cc1cc(-n2c(C)ccc2C)ncc1N1CCNC(CO)C1. The summed E-state index contributed by atoms with van der Waals surface area (Å²) in [6.45, 7) is 9.15. The maximum absolute atomic E-state index is 9.35. The topological polar surface area (TPSA) is 53.3 Å². The van der Waals surface area contributed by atoms with E-state index in [9.17, 15) is 5.11 Å². The highest BCUT2D eigenvalue weighted by Gasteiger charge is 2.20. The quantitative estimate of drug-likeness (QED) is 0.903. The van der Waals surface area contributed by atoms with Crippen molar-refractivity contribution in [3.63, 3.8) is 0 Å². The highest BCUT2D eigenvalue weighted by atomic mass is 16.3. The van der Waals surface area contributed by atoms with Crippen LogP contribution >= 0.6 is 0 Å². The second-order valence-electron chi connectivity index (χ2n) is 6.06. The molecule has 5 nitrogen and oxygen atoms in total. The third-order valence-corrected chi connectivity index (χ3v) is 4.39. The summed E-state index contributed by atoms with van der Waals surface area (Å²) in [6.07, 6.45) is 1.96. The van der Waals surface area contributed by atoms with Gasteiger partial charge >= 0.3 is 0 Å². The summed E-state index contributed by atoms with van der Waals surface area (Å²) in [5.74, 6) is 0.968. The number of aromatic nitrogens is 2. The van der Waals surface area contributed by atoms with Gasteiger partial charge in [0.2, 0.25) is 0 Å². The van der Waals surface area contributed by atoms with Gasteiger partial charge in [-0.15, -0.1) is 0 Å². The van der Waals surface area contributed by atoms with E-state index in [2.05, 4.69) is 58.7 Å². The Hall–Kier alpha value is -1.85. The molecule has 2 N–H and O–H groups in total. The molecule has 1 atom stereocenters. The van der Waals surface area contributed by atoms with E-state index in [0.717, 1.165) is 31.1 Å². The summed E-state index contributed by atoms with van der Waals surface area (Å²) >= 11 is 0. The largest absolute Gasteiger partial charge is 0.395 e. The first-order chi connectivity index (χ1) is 10.6. The Labute approximate surface area is 131 Å². The van der Waals surface area contributed by atoms with E-state index in [-0.39, 0.29) is 12.6 Å². The van der Waals surface area contributed by atoms with E-state index in [1.165, 1.54) is 17.0 Å². The van der Waals surface area contributed by atoms with Crippen LogP contribution in [-0.2, 0) is 0 Å². The zero-order valence-electron chi connectivity index (χ0n) is 13.5. The summed E-state index contributed by atoms with van der Waals surface area (Å²) in [5, 5.41) is 12.7. The van der Waals surface area contributed by atoms with Crippen molar-refractivity contribution in [2.24, 2.45) is 0 Å². The number of aliphatic hydroxyl groups is 1. The molecule has 1 saturated heterocycles. The van der Waals surface area contributed by atoms with Crippen molar-refractivity contribution in [2.45, 2.75) is 26.8 Å². The molecule has 0 aliphatic carbocycles. The van der Waals surface area contributed by atoms with E-state index < -0.39 is 0 Å². The molecule has 0 radical (unpaired) electrons. The molecule has 2 aromatic heterocycles. The third-order valence-electron chi connectivity index (χ3n) is 4.39. The van der Waals surface area contributed by atoms with Crippen LogP contribution in [-0.4, -0.2) is 46.9 Å². The number of piperazine rings is 1. The number of aryl methyl sites for hydroxylation is 3. The van der Waals surface area contributed by atoms with Crippen LogP contribution in [0.15, 0.2) is 24.4 Å². The Bertz CT molecular complexity index is 645. The monoisotopic (exact) mass is 300 g/mol. The molecule has 3 rings (SSSR count). The second kappa shape index (κ2) is 6.10. The molecule has 22 heavy (non-hydrogen) atoms. The minimum absolute atomic E-state index is 0.141. The van der Waals surface area contributed by atoms with E-state index >= 15 is 0 Å². The predicted octanol–water partition coefficient (Wildman–Crippen LogP) is 1.57. The van der Waals surface area contributed by atoms with Gasteiger partial charge in [-0.2, -0.15) is 0 Å². The number of hydrogen-bond acceptors (Lipinski definition) is 4. The Morgan fingerprint density at radius 1 is 1.27 bits per heavy atom. The van der Waals surface area contributed by atoms with Crippen molar-refractivity contribution >= 4 is 5.69 Å². The molecule has 5 heteroatoms. The molecule has 1 unspecified atom stereocenters. The highest BCUT2D eigenvalue weighted by Crippen LogP contribution is 2.23. The van der Waals surface area contributed by atoms with Crippen LogP contribution in [0.5, 0.6) is 0 Å². The Balaban J connectivity index is 1.90. The molecule has 0 spiro atoms. The van der Waals surface area contributed by atoms with Crippen LogP contribution in [0.1, 0.15) is 17.0 Å². The van der Waals surface area contributed by atoms with Gasteiger partial charge in [-0.05, 0) is 44.5 Å². The minimum atomic E-state index is 0.141. The van der Waals surface area contributed by atoms with Gasteiger partial charge in [0, 0.05) is 37.1 Å². The lowest BCUT2D eigenvalue weighted by atomic mass is 10.1. The van der Waals surface area contributed by atoms with Gasteiger partial charge in [-0.3, -0.25) is 0 Å². The van der Waals surface area contributed by atoms with Crippen molar-refractivity contribution in [1.29, 1.82) is 0 Å². The van der Waals surface area contributed by atoms with Crippen LogP contribution in [0.2, 0.25) is 0 Å². The fourth-order valence-corrected chi connectivity index (χ4v) is 3.18. The molecule has 0 amide bonds. The number of nitrogens with one attached hydrogen (secondary N) is 1. The van der Waals surface area contributed by atoms with Gasteiger partial charge in [0.05, 0.1) is 18.5 Å². The maximum Gasteiger partial charge on any atom is 0.137 e. The fraction of sp³-hybridized carbons (Fsp3) is 0.471. The van der Waals surface area contributed by atoms with Crippen LogP contribution in [0.4, 0.5) is 5.69 Å². The van der Waals surface area contributed by atoms with E-state index in [1.54, 1.807) is 0 Å². The van der Waals surface area contributed by atoms with Crippen molar-refractivity contribution in [1.82, 2.24) is 14.9 Å². The lowest BCUT2D eigenvalue weighted by Crippen LogP contribution is -2.52. The van der Waals surface area contributed by atoms with Crippen LogP contribution < -0.4 is 10.2 Å². The lowest BCUT2D eigenvalue weighted by molar-refractivity contribution is 0.235. The highest BCUT2D eigenvalue weighted by molar-refractivity contribution is 5.55. The molecule has 1 aliphatic rings. The minimum Gasteiger partial charge on any atom is -0.395 e. The number of nitrogens with zero attached hydrogens (tertiary/aromatic N) is 3. The molecule has 0 aromatic carbocycles. The van der Waals surface area contributed by atoms with Crippen LogP contribution in [0, 0.1) is 20.8 Å². The molecule has 1 aliphatic heterocycles. The Morgan fingerprint density at radius 2 is 2.00 bits per heavy atom. The van der Waals surface area contributed by atoms with Crippen LogP contribution in [0.25, 0.3) is 5.82 Å². The normalized spacial score (nSPS) is 18.7. The average molecular weight is 300 g/mol. The standard InChI is InChI=1S/C17H24N4O/c1-12-8-17(21-13(2)4-5-14(21)3)19-9-16(12)20-7-6-18-15(10-20)11-22/h4-5,8-9,15,18,22H,6-7,10-11H2,1-3H3. The Kier molecular flexibility index (Phi) is 4.18. The van der Waals surface area contributed by atoms with Crippen molar-refractivity contribution < 1.29 is 5.11 Å². The molecule has 3 heterocycles. The lowest BCUT2D eigenvalue weighted by Gasteiger charge is -2.35.